The van der Waals surface area contributed by atoms with E-state index in [1.807, 2.05) is 0 Å². The maximum Gasteiger partial charge on any atom is 0.325 e. The van der Waals surface area contributed by atoms with E-state index in [9.17, 15) is 24.5 Å². The Bertz CT molecular complexity index is 897. The van der Waals surface area contributed by atoms with Gasteiger partial charge in [0.05, 0.1) is 19.1 Å². The first-order chi connectivity index (χ1) is 13.8. The van der Waals surface area contributed by atoms with Gasteiger partial charge in [-0.25, -0.2) is 0 Å². The number of nitro benzene ring substituents is 1. The van der Waals surface area contributed by atoms with Gasteiger partial charge < -0.3 is 19.7 Å². The lowest BCUT2D eigenvalue weighted by Crippen LogP contribution is -2.40. The van der Waals surface area contributed by atoms with E-state index in [1.165, 1.54) is 12.1 Å². The SMILES string of the molecule is COC(=O)CN(CC(=O)OC)C(=O)c1ccc(Nc2ccccc2)c([N+](=O)[O-])c1. The van der Waals surface area contributed by atoms with Crippen molar-refractivity contribution in [3.8, 4) is 0 Å². The Morgan fingerprint density at radius 1 is 1.00 bits per heavy atom. The summed E-state index contributed by atoms with van der Waals surface area (Å²) in [6, 6.07) is 12.6. The minimum absolute atomic E-state index is 0.0666. The van der Waals surface area contributed by atoms with Crippen molar-refractivity contribution in [2.45, 2.75) is 0 Å². The molecule has 10 heteroatoms. The predicted octanol–water partition coefficient (Wildman–Crippen LogP) is 2.13. The van der Waals surface area contributed by atoms with Gasteiger partial charge in [0.1, 0.15) is 18.8 Å². The maximum absolute atomic E-state index is 12.8. The van der Waals surface area contributed by atoms with Gasteiger partial charge in [0.2, 0.25) is 0 Å². The molecule has 0 saturated carbocycles. The van der Waals surface area contributed by atoms with E-state index >= 15 is 0 Å². The summed E-state index contributed by atoms with van der Waals surface area (Å²) in [5.41, 5.74) is 0.414. The van der Waals surface area contributed by atoms with E-state index in [4.69, 9.17) is 0 Å². The summed E-state index contributed by atoms with van der Waals surface area (Å²) in [6.07, 6.45) is 0. The van der Waals surface area contributed by atoms with E-state index < -0.39 is 35.9 Å². The summed E-state index contributed by atoms with van der Waals surface area (Å²) in [5, 5.41) is 14.4. The molecule has 0 aliphatic carbocycles. The number of para-hydroxylation sites is 1. The van der Waals surface area contributed by atoms with E-state index in [1.54, 1.807) is 30.3 Å². The number of ether oxygens (including phenoxy) is 2. The molecule has 0 aromatic heterocycles. The van der Waals surface area contributed by atoms with E-state index in [2.05, 4.69) is 14.8 Å². The highest BCUT2D eigenvalue weighted by molar-refractivity contribution is 5.99. The molecule has 0 spiro atoms. The van der Waals surface area contributed by atoms with Crippen LogP contribution in [0.15, 0.2) is 48.5 Å². The van der Waals surface area contributed by atoms with Gasteiger partial charge >= 0.3 is 11.9 Å². The van der Waals surface area contributed by atoms with Crippen LogP contribution in [0, 0.1) is 10.1 Å². The standard InChI is InChI=1S/C19H19N3O7/c1-28-17(23)11-21(12-18(24)29-2)19(25)13-8-9-15(16(10-13)22(26)27)20-14-6-4-3-5-7-14/h3-10,20H,11-12H2,1-2H3. The van der Waals surface area contributed by atoms with Gasteiger partial charge in [0.15, 0.2) is 0 Å². The quantitative estimate of drug-likeness (QED) is 0.405. The van der Waals surface area contributed by atoms with Crippen molar-refractivity contribution < 1.29 is 28.8 Å². The Kier molecular flexibility index (Phi) is 7.24. The zero-order valence-electron chi connectivity index (χ0n) is 15.8. The van der Waals surface area contributed by atoms with Crippen LogP contribution in [0.4, 0.5) is 17.1 Å². The van der Waals surface area contributed by atoms with Crippen LogP contribution in [0.2, 0.25) is 0 Å². The minimum atomic E-state index is -0.754. The molecular formula is C19H19N3O7. The first kappa shape index (κ1) is 21.4. The highest BCUT2D eigenvalue weighted by Crippen LogP contribution is 2.29. The van der Waals surface area contributed by atoms with Gasteiger partial charge in [-0.05, 0) is 24.3 Å². The molecule has 0 atom stereocenters. The van der Waals surface area contributed by atoms with Gasteiger partial charge in [-0.1, -0.05) is 18.2 Å². The maximum atomic E-state index is 12.8. The molecule has 0 bridgehead atoms. The smallest absolute Gasteiger partial charge is 0.325 e. The van der Waals surface area contributed by atoms with Crippen LogP contribution in [0.5, 0.6) is 0 Å². The summed E-state index contributed by atoms with van der Waals surface area (Å²) >= 11 is 0. The van der Waals surface area contributed by atoms with Crippen LogP contribution >= 0.6 is 0 Å². The fourth-order valence-corrected chi connectivity index (χ4v) is 2.42. The second-order valence-electron chi connectivity index (χ2n) is 5.79. The third-order valence-corrected chi connectivity index (χ3v) is 3.88. The van der Waals surface area contributed by atoms with Crippen LogP contribution in [-0.2, 0) is 19.1 Å². The summed E-state index contributed by atoms with van der Waals surface area (Å²) in [6.45, 7) is -1.02. The van der Waals surface area contributed by atoms with Crippen molar-refractivity contribution in [1.82, 2.24) is 4.90 Å². The average molecular weight is 401 g/mol. The second-order valence-corrected chi connectivity index (χ2v) is 5.79. The molecule has 1 N–H and O–H groups in total. The molecule has 0 unspecified atom stereocenters. The molecule has 152 valence electrons. The van der Waals surface area contributed by atoms with Crippen molar-refractivity contribution in [1.29, 1.82) is 0 Å². The lowest BCUT2D eigenvalue weighted by molar-refractivity contribution is -0.383. The highest BCUT2D eigenvalue weighted by atomic mass is 16.6. The van der Waals surface area contributed by atoms with Gasteiger partial charge in [-0.3, -0.25) is 24.5 Å². The van der Waals surface area contributed by atoms with Crippen molar-refractivity contribution in [3.63, 3.8) is 0 Å². The number of methoxy groups -OCH3 is 2. The molecule has 0 radical (unpaired) electrons. The van der Waals surface area contributed by atoms with Gasteiger partial charge in [-0.2, -0.15) is 0 Å². The fraction of sp³-hybridized carbons (Fsp3) is 0.211. The van der Waals surface area contributed by atoms with Crippen LogP contribution in [0.25, 0.3) is 0 Å². The number of carbonyl (C=O) groups is 3. The molecule has 0 heterocycles. The normalized spacial score (nSPS) is 10.0. The predicted molar refractivity (Wildman–Crippen MR) is 103 cm³/mol. The molecule has 1 amide bonds. The number of rotatable bonds is 8. The number of nitro groups is 1. The number of amides is 1. The number of esters is 2. The molecule has 0 aliphatic heterocycles. The third-order valence-electron chi connectivity index (χ3n) is 3.88. The van der Waals surface area contributed by atoms with E-state index in [-0.39, 0.29) is 16.9 Å². The number of benzene rings is 2. The Balaban J connectivity index is 2.34. The molecule has 0 saturated heterocycles. The summed E-state index contributed by atoms with van der Waals surface area (Å²) in [5.74, 6) is -2.26. The highest BCUT2D eigenvalue weighted by Gasteiger charge is 2.25. The number of hydrogen-bond donors (Lipinski definition) is 1. The summed E-state index contributed by atoms with van der Waals surface area (Å²) in [7, 11) is 2.27. The summed E-state index contributed by atoms with van der Waals surface area (Å²) < 4.78 is 9.05. The number of hydrogen-bond acceptors (Lipinski definition) is 8. The van der Waals surface area contributed by atoms with Gasteiger partial charge in [0.25, 0.3) is 11.6 Å². The molecule has 10 nitrogen and oxygen atoms in total. The number of anilines is 2. The second kappa shape index (κ2) is 9.83. The Morgan fingerprint density at radius 3 is 2.10 bits per heavy atom. The zero-order chi connectivity index (χ0) is 21.4. The largest absolute Gasteiger partial charge is 0.468 e. The van der Waals surface area contributed by atoms with Gasteiger partial charge in [0, 0.05) is 17.3 Å². The van der Waals surface area contributed by atoms with Crippen molar-refractivity contribution >= 4 is 34.9 Å². The average Bonchev–Trinajstić information content (AvgIpc) is 2.73. The zero-order valence-corrected chi connectivity index (χ0v) is 15.8. The first-order valence-electron chi connectivity index (χ1n) is 8.39. The van der Waals surface area contributed by atoms with Crippen LogP contribution < -0.4 is 5.32 Å². The molecule has 0 fully saturated rings. The van der Waals surface area contributed by atoms with Crippen molar-refractivity contribution in [2.75, 3.05) is 32.6 Å². The topological polar surface area (TPSA) is 128 Å². The van der Waals surface area contributed by atoms with Crippen LogP contribution in [-0.4, -0.2) is 55.0 Å². The van der Waals surface area contributed by atoms with Crippen molar-refractivity contribution in [2.24, 2.45) is 0 Å². The van der Waals surface area contributed by atoms with Crippen molar-refractivity contribution in [3.05, 3.63) is 64.2 Å². The van der Waals surface area contributed by atoms with Crippen LogP contribution in [0.3, 0.4) is 0 Å². The molecule has 29 heavy (non-hydrogen) atoms. The number of carbonyl (C=O) groups excluding carboxylic acids is 3. The molecular weight excluding hydrogens is 382 g/mol. The van der Waals surface area contributed by atoms with E-state index in [0.29, 0.717) is 5.69 Å². The fourth-order valence-electron chi connectivity index (χ4n) is 2.42. The molecule has 2 rings (SSSR count). The first-order valence-corrected chi connectivity index (χ1v) is 8.39. The van der Waals surface area contributed by atoms with E-state index in [0.717, 1.165) is 25.2 Å². The minimum Gasteiger partial charge on any atom is -0.468 e. The Hall–Kier alpha value is -3.95. The third kappa shape index (κ3) is 5.76. The van der Waals surface area contributed by atoms with Gasteiger partial charge in [-0.15, -0.1) is 0 Å². The number of nitrogens with one attached hydrogen (secondary N) is 1. The Labute approximate surface area is 166 Å². The lowest BCUT2D eigenvalue weighted by Gasteiger charge is -2.20. The lowest BCUT2D eigenvalue weighted by atomic mass is 10.1. The Morgan fingerprint density at radius 2 is 1.59 bits per heavy atom. The van der Waals surface area contributed by atoms with Crippen LogP contribution in [0.1, 0.15) is 10.4 Å². The summed E-state index contributed by atoms with van der Waals surface area (Å²) in [4.78, 5) is 47.7. The monoisotopic (exact) mass is 401 g/mol. The number of nitrogens with zero attached hydrogens (tertiary/aromatic N) is 2. The molecule has 2 aromatic rings. The molecule has 2 aromatic carbocycles. The molecule has 0 aliphatic rings.